The van der Waals surface area contributed by atoms with Gasteiger partial charge >= 0.3 is 20.1 Å². The molecule has 0 amide bonds. The van der Waals surface area contributed by atoms with E-state index in [4.69, 9.17) is 9.40 Å². The molecule has 5 heterocycles. The topological polar surface area (TPSA) is 69.6 Å². The van der Waals surface area contributed by atoms with Crippen LogP contribution in [0, 0.1) is 52.8 Å². The largest absolute Gasteiger partial charge is 3.00 e. The van der Waals surface area contributed by atoms with Crippen LogP contribution < -0.4 is 0 Å². The van der Waals surface area contributed by atoms with Crippen LogP contribution in [0.4, 0.5) is 0 Å². The van der Waals surface area contributed by atoms with Crippen LogP contribution in [0.25, 0.3) is 56.0 Å². The van der Waals surface area contributed by atoms with E-state index < -0.39 is 0 Å². The molecule has 0 bridgehead atoms. The molecule has 7 heteroatoms. The number of imidazole rings is 1. The summed E-state index contributed by atoms with van der Waals surface area (Å²) in [5, 5.41) is 2.07. The Kier molecular flexibility index (Phi) is 12.8. The van der Waals surface area contributed by atoms with Crippen LogP contribution in [-0.4, -0.2) is 24.5 Å². The molecule has 0 saturated carbocycles. The van der Waals surface area contributed by atoms with Crippen LogP contribution in [0.5, 0.6) is 0 Å². The fourth-order valence-corrected chi connectivity index (χ4v) is 7.19. The minimum Gasteiger partial charge on any atom is -0.486 e. The monoisotopic (exact) mass is 949 g/mol. The van der Waals surface area contributed by atoms with E-state index in [1.807, 2.05) is 67.5 Å². The zero-order valence-corrected chi connectivity index (χ0v) is 36.7. The van der Waals surface area contributed by atoms with Gasteiger partial charge in [0.1, 0.15) is 0 Å². The van der Waals surface area contributed by atoms with Gasteiger partial charge in [-0.15, -0.1) is 89.0 Å². The third kappa shape index (κ3) is 9.49. The van der Waals surface area contributed by atoms with Crippen molar-refractivity contribution in [2.75, 3.05) is 0 Å². The predicted octanol–water partition coefficient (Wildman–Crippen LogP) is 11.7. The SMILES string of the molecule is Cc1c[c-]c(-c2cc(C)c(CCc3cccc(CCc4c[c-]c(-c5cc(C)c(C)cn5)cc4)c3)cn2)cc1.Cc1ccc2c(n1)oc1c(-c3nccn3C)[c-]ccc12.[Ir+3]. The molecular formula is C52H46IrN5O. The van der Waals surface area contributed by atoms with Gasteiger partial charge in [0.25, 0.3) is 0 Å². The first-order chi connectivity index (χ1) is 28.2. The van der Waals surface area contributed by atoms with Gasteiger partial charge in [-0.3, -0.25) is 4.98 Å². The van der Waals surface area contributed by atoms with Gasteiger partial charge in [0, 0.05) is 42.9 Å². The van der Waals surface area contributed by atoms with Gasteiger partial charge in [0.15, 0.2) is 0 Å². The van der Waals surface area contributed by atoms with E-state index in [2.05, 4.69) is 128 Å². The Hall–Kier alpha value is -6.01. The summed E-state index contributed by atoms with van der Waals surface area (Å²) < 4.78 is 7.90. The molecule has 59 heavy (non-hydrogen) atoms. The Morgan fingerprint density at radius 2 is 1.34 bits per heavy atom. The smallest absolute Gasteiger partial charge is 0.486 e. The summed E-state index contributed by atoms with van der Waals surface area (Å²) in [6, 6.07) is 44.0. The average Bonchev–Trinajstić information content (AvgIpc) is 3.84. The molecular weight excluding hydrogens is 903 g/mol. The molecule has 0 aliphatic carbocycles. The van der Waals surface area contributed by atoms with Crippen molar-refractivity contribution in [3.05, 3.63) is 190 Å². The third-order valence-electron chi connectivity index (χ3n) is 10.8. The zero-order valence-electron chi connectivity index (χ0n) is 34.4. The summed E-state index contributed by atoms with van der Waals surface area (Å²) in [5.74, 6) is 0.839. The molecule has 0 radical (unpaired) electrons. The van der Waals surface area contributed by atoms with Crippen LogP contribution in [0.15, 0.2) is 126 Å². The Morgan fingerprint density at radius 3 is 2.02 bits per heavy atom. The first-order valence-corrected chi connectivity index (χ1v) is 19.8. The molecule has 0 N–H and O–H groups in total. The molecule has 294 valence electrons. The summed E-state index contributed by atoms with van der Waals surface area (Å²) >= 11 is 0. The van der Waals surface area contributed by atoms with E-state index in [1.54, 1.807) is 6.20 Å². The molecule has 0 aliphatic rings. The quantitative estimate of drug-likeness (QED) is 0.135. The number of hydrogen-bond donors (Lipinski definition) is 0. The van der Waals surface area contributed by atoms with Crippen molar-refractivity contribution in [3.8, 4) is 33.9 Å². The predicted molar refractivity (Wildman–Crippen MR) is 235 cm³/mol. The van der Waals surface area contributed by atoms with E-state index in [1.165, 1.54) is 44.5 Å². The maximum atomic E-state index is 5.95. The molecule has 0 aliphatic heterocycles. The van der Waals surface area contributed by atoms with Crippen molar-refractivity contribution in [1.82, 2.24) is 24.5 Å². The van der Waals surface area contributed by atoms with Gasteiger partial charge in [0.2, 0.25) is 5.71 Å². The summed E-state index contributed by atoms with van der Waals surface area (Å²) in [5.41, 5.74) is 17.7. The summed E-state index contributed by atoms with van der Waals surface area (Å²) in [6.45, 7) is 10.4. The van der Waals surface area contributed by atoms with E-state index in [9.17, 15) is 0 Å². The van der Waals surface area contributed by atoms with Gasteiger partial charge < -0.3 is 19.0 Å². The Bertz CT molecular complexity index is 2850. The van der Waals surface area contributed by atoms with Crippen molar-refractivity contribution in [2.24, 2.45) is 7.05 Å². The van der Waals surface area contributed by atoms with Gasteiger partial charge in [-0.1, -0.05) is 71.8 Å². The second kappa shape index (κ2) is 18.3. The second-order valence-corrected chi connectivity index (χ2v) is 15.2. The van der Waals surface area contributed by atoms with Crippen molar-refractivity contribution in [1.29, 1.82) is 0 Å². The summed E-state index contributed by atoms with van der Waals surface area (Å²) in [4.78, 5) is 18.1. The Morgan fingerprint density at radius 1 is 0.627 bits per heavy atom. The molecule has 4 aromatic carbocycles. The molecule has 0 fully saturated rings. The van der Waals surface area contributed by atoms with Crippen molar-refractivity contribution in [2.45, 2.75) is 60.3 Å². The maximum absolute atomic E-state index is 5.95. The molecule has 6 nitrogen and oxygen atoms in total. The summed E-state index contributed by atoms with van der Waals surface area (Å²) in [7, 11) is 1.96. The standard InChI is InChI=1S/C36H34N2.C16H12N3O.Ir/c1-25-8-15-32(16-9-25)36-21-27(3)34(24-38-36)19-14-31-7-5-6-30(22-31)11-10-29-12-17-33(18-13-29)35-20-26(2)28(4)23-37-35;1-10-6-7-12-11-4-3-5-13(14(11)20-16(12)18-10)15-17-8-9-19(15)2;/h5-9,12-13,15,17,20-24H,10-11,14,19H2,1-4H3;3-4,6-9H,1-2H3;/q-2;-1;+3. The molecule has 0 spiro atoms. The van der Waals surface area contributed by atoms with Crippen LogP contribution in [0.3, 0.4) is 0 Å². The molecule has 5 aromatic heterocycles. The molecule has 0 saturated heterocycles. The number of aryl methyl sites for hydroxylation is 10. The normalized spacial score (nSPS) is 11.0. The van der Waals surface area contributed by atoms with Gasteiger partial charge in [-0.2, -0.15) is 0 Å². The van der Waals surface area contributed by atoms with Crippen LogP contribution in [-0.2, 0) is 52.8 Å². The summed E-state index contributed by atoms with van der Waals surface area (Å²) in [6.07, 6.45) is 11.7. The van der Waals surface area contributed by atoms with Crippen LogP contribution in [0.2, 0.25) is 0 Å². The number of fused-ring (bicyclic) bond motifs is 3. The zero-order chi connectivity index (χ0) is 40.2. The number of rotatable bonds is 9. The first kappa shape index (κ1) is 41.2. The average molecular weight is 949 g/mol. The van der Waals surface area contributed by atoms with E-state index in [-0.39, 0.29) is 20.1 Å². The minimum atomic E-state index is 0. The first-order valence-electron chi connectivity index (χ1n) is 19.8. The van der Waals surface area contributed by atoms with E-state index in [0.29, 0.717) is 5.71 Å². The fourth-order valence-electron chi connectivity index (χ4n) is 7.19. The Labute approximate surface area is 360 Å². The van der Waals surface area contributed by atoms with E-state index >= 15 is 0 Å². The fraction of sp³-hybridized carbons (Fsp3) is 0.192. The third-order valence-corrected chi connectivity index (χ3v) is 10.8. The number of aromatic nitrogens is 5. The van der Waals surface area contributed by atoms with Crippen LogP contribution >= 0.6 is 0 Å². The van der Waals surface area contributed by atoms with Crippen molar-refractivity contribution < 1.29 is 24.5 Å². The second-order valence-electron chi connectivity index (χ2n) is 15.2. The Balaban J connectivity index is 0.000000210. The van der Waals surface area contributed by atoms with E-state index in [0.717, 1.165) is 81.6 Å². The van der Waals surface area contributed by atoms with Crippen LogP contribution in [0.1, 0.15) is 50.2 Å². The maximum Gasteiger partial charge on any atom is 3.00 e. The van der Waals surface area contributed by atoms with Crippen molar-refractivity contribution >= 4 is 22.1 Å². The minimum absolute atomic E-state index is 0. The molecule has 9 aromatic rings. The number of hydrogen-bond acceptors (Lipinski definition) is 5. The number of nitrogens with zero attached hydrogens (tertiary/aromatic N) is 5. The molecule has 0 atom stereocenters. The number of furan rings is 1. The number of pyridine rings is 3. The number of benzene rings is 4. The molecule has 0 unspecified atom stereocenters. The van der Waals surface area contributed by atoms with Gasteiger partial charge in [-0.25, -0.2) is 4.98 Å². The van der Waals surface area contributed by atoms with Gasteiger partial charge in [0.05, 0.1) is 11.4 Å². The molecule has 9 rings (SSSR count). The van der Waals surface area contributed by atoms with Crippen molar-refractivity contribution in [3.63, 3.8) is 0 Å². The van der Waals surface area contributed by atoms with Gasteiger partial charge in [-0.05, 0) is 92.7 Å².